The van der Waals surface area contributed by atoms with Gasteiger partial charge in [-0.05, 0) is 49.2 Å². The molecule has 29 heavy (non-hydrogen) atoms. The average molecular weight is 439 g/mol. The van der Waals surface area contributed by atoms with E-state index in [0.717, 1.165) is 6.42 Å². The second kappa shape index (κ2) is 9.02. The molecule has 1 unspecified atom stereocenters. The Hall–Kier alpha value is -2.29. The number of methoxy groups -OCH3 is 2. The van der Waals surface area contributed by atoms with Crippen LogP contribution in [0.3, 0.4) is 0 Å². The Balaban J connectivity index is 1.86. The van der Waals surface area contributed by atoms with Gasteiger partial charge in [0.25, 0.3) is 0 Å². The fourth-order valence-electron chi connectivity index (χ4n) is 3.31. The molecule has 1 atom stereocenters. The molecule has 0 radical (unpaired) electrons. The van der Waals surface area contributed by atoms with Gasteiger partial charge >= 0.3 is 0 Å². The van der Waals surface area contributed by atoms with E-state index in [0.29, 0.717) is 35.1 Å². The first-order chi connectivity index (χ1) is 13.9. The van der Waals surface area contributed by atoms with E-state index < -0.39 is 22.0 Å². The molecule has 1 fully saturated rings. The zero-order valence-corrected chi connectivity index (χ0v) is 17.8. The van der Waals surface area contributed by atoms with Crippen LogP contribution in [0.15, 0.2) is 47.4 Å². The van der Waals surface area contributed by atoms with Gasteiger partial charge in [-0.1, -0.05) is 18.0 Å². The molecule has 1 amide bonds. The molecule has 0 bridgehead atoms. The highest BCUT2D eigenvalue weighted by atomic mass is 35.5. The molecule has 2 aromatic carbocycles. The number of anilines is 1. The number of piperidine rings is 1. The molecule has 0 saturated carbocycles. The van der Waals surface area contributed by atoms with E-state index in [2.05, 4.69) is 5.32 Å². The fraction of sp³-hybridized carbons (Fsp3) is 0.350. The largest absolute Gasteiger partial charge is 0.497 e. The molecule has 1 saturated heterocycles. The molecule has 0 aromatic heterocycles. The second-order valence-electron chi connectivity index (χ2n) is 6.64. The molecule has 1 heterocycles. The number of nitrogens with zero attached hydrogens (tertiary/aromatic N) is 1. The standard InChI is InChI=1S/C20H23ClN2O5S/c1-27-15-8-11-17(19(13-15)28-2)22-20(24)18-5-3-4-12-23(18)29(25,26)16-9-6-14(21)7-10-16/h6-11,13,18H,3-5,12H2,1-2H3,(H,22,24). The number of rotatable bonds is 6. The van der Waals surface area contributed by atoms with Gasteiger partial charge in [0.05, 0.1) is 24.8 Å². The highest BCUT2D eigenvalue weighted by Crippen LogP contribution is 2.31. The fourth-order valence-corrected chi connectivity index (χ4v) is 5.10. The Morgan fingerprint density at radius 1 is 1.10 bits per heavy atom. The Morgan fingerprint density at radius 3 is 2.48 bits per heavy atom. The number of hydrogen-bond acceptors (Lipinski definition) is 5. The minimum Gasteiger partial charge on any atom is -0.497 e. The van der Waals surface area contributed by atoms with Crippen LogP contribution in [0.2, 0.25) is 5.02 Å². The molecular weight excluding hydrogens is 416 g/mol. The maximum atomic E-state index is 13.1. The van der Waals surface area contributed by atoms with Gasteiger partial charge in [-0.15, -0.1) is 0 Å². The Bertz CT molecular complexity index is 979. The summed E-state index contributed by atoms with van der Waals surface area (Å²) in [6.45, 7) is 0.281. The van der Waals surface area contributed by atoms with Crippen LogP contribution >= 0.6 is 11.6 Å². The molecule has 3 rings (SSSR count). The lowest BCUT2D eigenvalue weighted by atomic mass is 10.0. The molecule has 1 aliphatic rings. The van der Waals surface area contributed by atoms with Crippen molar-refractivity contribution < 1.29 is 22.7 Å². The highest BCUT2D eigenvalue weighted by Gasteiger charge is 2.37. The van der Waals surface area contributed by atoms with Gasteiger partial charge in [0.15, 0.2) is 0 Å². The van der Waals surface area contributed by atoms with Crippen molar-refractivity contribution in [2.24, 2.45) is 0 Å². The minimum atomic E-state index is -3.83. The Kier molecular flexibility index (Phi) is 6.66. The first-order valence-corrected chi connectivity index (χ1v) is 11.0. The third-order valence-electron chi connectivity index (χ3n) is 4.84. The van der Waals surface area contributed by atoms with Crippen LogP contribution < -0.4 is 14.8 Å². The van der Waals surface area contributed by atoms with Crippen molar-refractivity contribution in [3.63, 3.8) is 0 Å². The predicted molar refractivity (Wildman–Crippen MR) is 111 cm³/mol. The maximum absolute atomic E-state index is 13.1. The third kappa shape index (κ3) is 4.66. The normalized spacial score (nSPS) is 17.6. The van der Waals surface area contributed by atoms with E-state index in [1.165, 1.54) is 42.8 Å². The molecule has 9 heteroatoms. The minimum absolute atomic E-state index is 0.114. The second-order valence-corrected chi connectivity index (χ2v) is 8.96. The lowest BCUT2D eigenvalue weighted by Gasteiger charge is -2.33. The Morgan fingerprint density at radius 2 is 1.83 bits per heavy atom. The van der Waals surface area contributed by atoms with Crippen LogP contribution in [-0.2, 0) is 14.8 Å². The van der Waals surface area contributed by atoms with E-state index in [-0.39, 0.29) is 11.4 Å². The van der Waals surface area contributed by atoms with Gasteiger partial charge in [0.2, 0.25) is 15.9 Å². The zero-order chi connectivity index (χ0) is 21.0. The van der Waals surface area contributed by atoms with Crippen molar-refractivity contribution in [1.82, 2.24) is 4.31 Å². The quantitative estimate of drug-likeness (QED) is 0.745. The third-order valence-corrected chi connectivity index (χ3v) is 7.02. The molecule has 7 nitrogen and oxygen atoms in total. The van der Waals surface area contributed by atoms with Gasteiger partial charge in [-0.3, -0.25) is 4.79 Å². The summed E-state index contributed by atoms with van der Waals surface area (Å²) in [5.74, 6) is 0.621. The lowest BCUT2D eigenvalue weighted by Crippen LogP contribution is -2.49. The Labute approximate surface area is 175 Å². The lowest BCUT2D eigenvalue weighted by molar-refractivity contribution is -0.120. The van der Waals surface area contributed by atoms with Crippen molar-refractivity contribution in [2.45, 2.75) is 30.2 Å². The number of nitrogens with one attached hydrogen (secondary N) is 1. The number of hydrogen-bond donors (Lipinski definition) is 1. The predicted octanol–water partition coefficient (Wildman–Crippen LogP) is 3.54. The number of carbonyl (C=O) groups is 1. The van der Waals surface area contributed by atoms with E-state index in [9.17, 15) is 13.2 Å². The first-order valence-electron chi connectivity index (χ1n) is 9.17. The molecule has 0 aliphatic carbocycles. The molecule has 1 aliphatic heterocycles. The van der Waals surface area contributed by atoms with Crippen molar-refractivity contribution in [2.75, 3.05) is 26.1 Å². The van der Waals surface area contributed by atoms with Gasteiger partial charge in [0, 0.05) is 17.6 Å². The van der Waals surface area contributed by atoms with Crippen molar-refractivity contribution in [3.05, 3.63) is 47.5 Å². The molecular formula is C20H23ClN2O5S. The smallest absolute Gasteiger partial charge is 0.243 e. The number of halogens is 1. The summed E-state index contributed by atoms with van der Waals surface area (Å²) in [5.41, 5.74) is 0.452. The summed E-state index contributed by atoms with van der Waals surface area (Å²) in [4.78, 5) is 13.1. The van der Waals surface area contributed by atoms with Gasteiger partial charge in [0.1, 0.15) is 17.5 Å². The monoisotopic (exact) mass is 438 g/mol. The summed E-state index contributed by atoms with van der Waals surface area (Å²) >= 11 is 5.87. The number of ether oxygens (including phenoxy) is 2. The van der Waals surface area contributed by atoms with Crippen LogP contribution in [0.25, 0.3) is 0 Å². The van der Waals surface area contributed by atoms with Gasteiger partial charge < -0.3 is 14.8 Å². The highest BCUT2D eigenvalue weighted by molar-refractivity contribution is 7.89. The van der Waals surface area contributed by atoms with E-state index in [1.54, 1.807) is 18.2 Å². The maximum Gasteiger partial charge on any atom is 0.243 e. The average Bonchev–Trinajstić information content (AvgIpc) is 2.74. The van der Waals surface area contributed by atoms with Crippen molar-refractivity contribution in [1.29, 1.82) is 0 Å². The summed E-state index contributed by atoms with van der Waals surface area (Å²) in [7, 11) is -0.804. The zero-order valence-electron chi connectivity index (χ0n) is 16.2. The number of amides is 1. The van der Waals surface area contributed by atoms with Crippen LogP contribution in [-0.4, -0.2) is 45.4 Å². The van der Waals surface area contributed by atoms with Crippen LogP contribution in [0.5, 0.6) is 11.5 Å². The molecule has 0 spiro atoms. The molecule has 1 N–H and O–H groups in total. The number of benzene rings is 2. The van der Waals surface area contributed by atoms with Crippen molar-refractivity contribution in [3.8, 4) is 11.5 Å². The van der Waals surface area contributed by atoms with Gasteiger partial charge in [-0.25, -0.2) is 8.42 Å². The summed E-state index contributed by atoms with van der Waals surface area (Å²) in [6.07, 6.45) is 1.91. The summed E-state index contributed by atoms with van der Waals surface area (Å²) in [5, 5.41) is 3.25. The van der Waals surface area contributed by atoms with Crippen LogP contribution in [0, 0.1) is 0 Å². The number of carbonyl (C=O) groups excluding carboxylic acids is 1. The molecule has 2 aromatic rings. The SMILES string of the molecule is COc1ccc(NC(=O)C2CCCCN2S(=O)(=O)c2ccc(Cl)cc2)c(OC)c1. The van der Waals surface area contributed by atoms with Crippen LogP contribution in [0.4, 0.5) is 5.69 Å². The van der Waals surface area contributed by atoms with E-state index in [4.69, 9.17) is 21.1 Å². The van der Waals surface area contributed by atoms with Crippen LogP contribution in [0.1, 0.15) is 19.3 Å². The van der Waals surface area contributed by atoms with Crippen molar-refractivity contribution >= 4 is 33.2 Å². The molecule has 156 valence electrons. The number of sulfonamides is 1. The summed E-state index contributed by atoms with van der Waals surface area (Å²) in [6, 6.07) is 10.2. The summed E-state index contributed by atoms with van der Waals surface area (Å²) < 4.78 is 38.0. The van der Waals surface area contributed by atoms with E-state index >= 15 is 0 Å². The van der Waals surface area contributed by atoms with E-state index in [1.807, 2.05) is 0 Å². The van der Waals surface area contributed by atoms with Gasteiger partial charge in [-0.2, -0.15) is 4.31 Å². The topological polar surface area (TPSA) is 84.9 Å². The first kappa shape index (κ1) is 21.4.